The zero-order chi connectivity index (χ0) is 14.4. The summed E-state index contributed by atoms with van der Waals surface area (Å²) in [6.07, 6.45) is 5.61. The average molecular weight is 275 g/mol. The SMILES string of the molecule is Cc1cccc(CCC(=O)N2CCCCCC2CO)c1. The van der Waals surface area contributed by atoms with Crippen LogP contribution in [0.4, 0.5) is 0 Å². The van der Waals surface area contributed by atoms with Gasteiger partial charge in [-0.05, 0) is 31.7 Å². The first-order valence-corrected chi connectivity index (χ1v) is 7.66. The predicted octanol–water partition coefficient (Wildman–Crippen LogP) is 2.69. The summed E-state index contributed by atoms with van der Waals surface area (Å²) in [5.74, 6) is 0.187. The van der Waals surface area contributed by atoms with Crippen molar-refractivity contribution in [3.8, 4) is 0 Å². The van der Waals surface area contributed by atoms with Gasteiger partial charge in [0.15, 0.2) is 0 Å². The minimum atomic E-state index is 0.0301. The molecule has 110 valence electrons. The number of likely N-dealkylation sites (tertiary alicyclic amines) is 1. The first kappa shape index (κ1) is 15.0. The van der Waals surface area contributed by atoms with Crippen molar-refractivity contribution in [1.82, 2.24) is 4.90 Å². The highest BCUT2D eigenvalue weighted by molar-refractivity contribution is 5.76. The molecule has 0 saturated carbocycles. The summed E-state index contributed by atoms with van der Waals surface area (Å²) in [6, 6.07) is 8.35. The highest BCUT2D eigenvalue weighted by Crippen LogP contribution is 2.18. The van der Waals surface area contributed by atoms with Crippen LogP contribution in [0.1, 0.15) is 43.2 Å². The molecule has 1 saturated heterocycles. The maximum atomic E-state index is 12.4. The monoisotopic (exact) mass is 275 g/mol. The Labute approximate surface area is 121 Å². The molecule has 1 aliphatic rings. The number of aryl methyl sites for hydroxylation is 2. The van der Waals surface area contributed by atoms with Gasteiger partial charge in [-0.25, -0.2) is 0 Å². The Hall–Kier alpha value is -1.35. The lowest BCUT2D eigenvalue weighted by Gasteiger charge is -2.28. The van der Waals surface area contributed by atoms with Gasteiger partial charge in [0, 0.05) is 13.0 Å². The van der Waals surface area contributed by atoms with E-state index in [2.05, 4.69) is 25.1 Å². The number of nitrogens with zero attached hydrogens (tertiary/aromatic N) is 1. The number of amides is 1. The van der Waals surface area contributed by atoms with E-state index in [0.29, 0.717) is 6.42 Å². The summed E-state index contributed by atoms with van der Waals surface area (Å²) in [5.41, 5.74) is 2.45. The fourth-order valence-electron chi connectivity index (χ4n) is 2.96. The fraction of sp³-hybridized carbons (Fsp3) is 0.588. The van der Waals surface area contributed by atoms with Crippen LogP contribution in [0, 0.1) is 6.92 Å². The Kier molecular flexibility index (Phi) is 5.60. The number of benzene rings is 1. The number of aliphatic hydroxyl groups is 1. The van der Waals surface area contributed by atoms with Crippen molar-refractivity contribution < 1.29 is 9.90 Å². The minimum Gasteiger partial charge on any atom is -0.394 e. The topological polar surface area (TPSA) is 40.5 Å². The summed E-state index contributed by atoms with van der Waals surface area (Å²) < 4.78 is 0. The number of hydrogen-bond acceptors (Lipinski definition) is 2. The van der Waals surface area contributed by atoms with Crippen LogP contribution in [-0.4, -0.2) is 35.1 Å². The molecule has 1 fully saturated rings. The molecule has 3 heteroatoms. The van der Waals surface area contributed by atoms with E-state index in [9.17, 15) is 9.90 Å². The second-order valence-electron chi connectivity index (χ2n) is 5.76. The molecule has 1 amide bonds. The molecule has 1 aromatic rings. The zero-order valence-corrected chi connectivity index (χ0v) is 12.3. The summed E-state index contributed by atoms with van der Waals surface area (Å²) in [4.78, 5) is 14.3. The van der Waals surface area contributed by atoms with Crippen molar-refractivity contribution in [2.24, 2.45) is 0 Å². The van der Waals surface area contributed by atoms with Crippen LogP contribution in [0.2, 0.25) is 0 Å². The third kappa shape index (κ3) is 4.07. The smallest absolute Gasteiger partial charge is 0.223 e. The number of carbonyl (C=O) groups excluding carboxylic acids is 1. The van der Waals surface area contributed by atoms with Gasteiger partial charge in [-0.1, -0.05) is 42.7 Å². The Balaban J connectivity index is 1.92. The Morgan fingerprint density at radius 1 is 1.35 bits per heavy atom. The van der Waals surface area contributed by atoms with Crippen molar-refractivity contribution in [1.29, 1.82) is 0 Å². The van der Waals surface area contributed by atoms with Gasteiger partial charge in [0.25, 0.3) is 0 Å². The molecular formula is C17H25NO2. The van der Waals surface area contributed by atoms with Gasteiger partial charge < -0.3 is 10.0 Å². The minimum absolute atomic E-state index is 0.0301. The number of carbonyl (C=O) groups is 1. The molecule has 0 aliphatic carbocycles. The van der Waals surface area contributed by atoms with Crippen LogP contribution in [0.15, 0.2) is 24.3 Å². The molecule has 1 N–H and O–H groups in total. The standard InChI is InChI=1S/C17H25NO2/c1-14-6-5-7-15(12-14)9-10-17(20)18-11-4-2-3-8-16(18)13-19/h5-7,12,16,19H,2-4,8-11,13H2,1H3. The van der Waals surface area contributed by atoms with Crippen LogP contribution in [-0.2, 0) is 11.2 Å². The van der Waals surface area contributed by atoms with E-state index in [1.165, 1.54) is 11.1 Å². The highest BCUT2D eigenvalue weighted by Gasteiger charge is 2.24. The first-order valence-electron chi connectivity index (χ1n) is 7.66. The average Bonchev–Trinajstić information content (AvgIpc) is 2.70. The van der Waals surface area contributed by atoms with Crippen LogP contribution < -0.4 is 0 Å². The number of rotatable bonds is 4. The lowest BCUT2D eigenvalue weighted by atomic mass is 10.1. The van der Waals surface area contributed by atoms with Gasteiger partial charge in [-0.2, -0.15) is 0 Å². The zero-order valence-electron chi connectivity index (χ0n) is 12.3. The van der Waals surface area contributed by atoms with Crippen LogP contribution in [0.25, 0.3) is 0 Å². The third-order valence-corrected chi connectivity index (χ3v) is 4.12. The van der Waals surface area contributed by atoms with E-state index in [4.69, 9.17) is 0 Å². The number of hydrogen-bond donors (Lipinski definition) is 1. The second kappa shape index (κ2) is 7.44. The van der Waals surface area contributed by atoms with Crippen LogP contribution in [0.5, 0.6) is 0 Å². The lowest BCUT2D eigenvalue weighted by molar-refractivity contribution is -0.134. The number of aliphatic hydroxyl groups excluding tert-OH is 1. The van der Waals surface area contributed by atoms with Crippen molar-refractivity contribution in [2.45, 2.75) is 51.5 Å². The summed E-state index contributed by atoms with van der Waals surface area (Å²) in [6.45, 7) is 2.97. The van der Waals surface area contributed by atoms with E-state index in [1.807, 2.05) is 11.0 Å². The Morgan fingerprint density at radius 2 is 2.20 bits per heavy atom. The summed E-state index contributed by atoms with van der Waals surface area (Å²) in [7, 11) is 0. The van der Waals surface area contributed by atoms with E-state index < -0.39 is 0 Å². The molecule has 0 spiro atoms. The lowest BCUT2D eigenvalue weighted by Crippen LogP contribution is -2.42. The third-order valence-electron chi connectivity index (χ3n) is 4.12. The van der Waals surface area contributed by atoms with Gasteiger partial charge in [-0.15, -0.1) is 0 Å². The summed E-state index contributed by atoms with van der Waals surface area (Å²) in [5, 5.41) is 9.46. The van der Waals surface area contributed by atoms with Gasteiger partial charge in [-0.3, -0.25) is 4.79 Å². The highest BCUT2D eigenvalue weighted by atomic mass is 16.3. The van der Waals surface area contributed by atoms with Crippen LogP contribution >= 0.6 is 0 Å². The molecule has 1 unspecified atom stereocenters. The maximum Gasteiger partial charge on any atom is 0.223 e. The quantitative estimate of drug-likeness (QED) is 0.918. The summed E-state index contributed by atoms with van der Waals surface area (Å²) >= 11 is 0. The Morgan fingerprint density at radius 3 is 2.95 bits per heavy atom. The van der Waals surface area contributed by atoms with E-state index in [0.717, 1.165) is 38.6 Å². The molecule has 20 heavy (non-hydrogen) atoms. The van der Waals surface area contributed by atoms with Gasteiger partial charge in [0.1, 0.15) is 0 Å². The molecule has 1 heterocycles. The van der Waals surface area contributed by atoms with Crippen LogP contribution in [0.3, 0.4) is 0 Å². The molecule has 1 aromatic carbocycles. The molecule has 2 rings (SSSR count). The molecule has 3 nitrogen and oxygen atoms in total. The van der Waals surface area contributed by atoms with Crippen molar-refractivity contribution >= 4 is 5.91 Å². The van der Waals surface area contributed by atoms with Crippen molar-refractivity contribution in [3.63, 3.8) is 0 Å². The molecule has 1 atom stereocenters. The second-order valence-corrected chi connectivity index (χ2v) is 5.76. The first-order chi connectivity index (χ1) is 9.70. The van der Waals surface area contributed by atoms with E-state index >= 15 is 0 Å². The Bertz CT molecular complexity index is 444. The van der Waals surface area contributed by atoms with E-state index in [1.54, 1.807) is 0 Å². The fourth-order valence-corrected chi connectivity index (χ4v) is 2.96. The molecule has 1 aliphatic heterocycles. The predicted molar refractivity (Wildman–Crippen MR) is 80.6 cm³/mol. The molecule has 0 radical (unpaired) electrons. The molecule has 0 bridgehead atoms. The van der Waals surface area contributed by atoms with Gasteiger partial charge >= 0.3 is 0 Å². The molecular weight excluding hydrogens is 250 g/mol. The largest absolute Gasteiger partial charge is 0.394 e. The molecule has 0 aromatic heterocycles. The van der Waals surface area contributed by atoms with Crippen molar-refractivity contribution in [3.05, 3.63) is 35.4 Å². The van der Waals surface area contributed by atoms with Gasteiger partial charge in [0.05, 0.1) is 12.6 Å². The maximum absolute atomic E-state index is 12.4. The van der Waals surface area contributed by atoms with Gasteiger partial charge in [0.2, 0.25) is 5.91 Å². The van der Waals surface area contributed by atoms with Crippen molar-refractivity contribution in [2.75, 3.05) is 13.2 Å². The van der Waals surface area contributed by atoms with E-state index in [-0.39, 0.29) is 18.6 Å². The normalized spacial score (nSPS) is 19.7.